The zero-order chi connectivity index (χ0) is 21.0. The number of hydrogen-bond acceptors (Lipinski definition) is 1. The van der Waals surface area contributed by atoms with Crippen molar-refractivity contribution in [1.82, 2.24) is 0 Å². The van der Waals surface area contributed by atoms with Crippen LogP contribution in [0, 0.1) is 11.8 Å². The van der Waals surface area contributed by atoms with Crippen LogP contribution < -0.4 is 0 Å². The third kappa shape index (κ3) is 7.29. The lowest BCUT2D eigenvalue weighted by Gasteiger charge is -2.26. The molecule has 1 aliphatic carbocycles. The van der Waals surface area contributed by atoms with E-state index in [1.807, 2.05) is 19.1 Å². The van der Waals surface area contributed by atoms with E-state index in [0.717, 1.165) is 11.8 Å². The minimum Gasteiger partial charge on any atom is -0.373 e. The number of unbranched alkanes of at least 4 members (excludes halogenated alkanes) is 1. The van der Waals surface area contributed by atoms with Crippen molar-refractivity contribution in [1.29, 1.82) is 0 Å². The second kappa shape index (κ2) is 12.5. The van der Waals surface area contributed by atoms with Crippen molar-refractivity contribution in [2.45, 2.75) is 64.9 Å². The van der Waals surface area contributed by atoms with Crippen molar-refractivity contribution in [2.24, 2.45) is 11.8 Å². The van der Waals surface area contributed by atoms with Crippen LogP contribution in [0.5, 0.6) is 0 Å². The molecular formula is C29H38O. The molecule has 0 bridgehead atoms. The van der Waals surface area contributed by atoms with E-state index in [1.54, 1.807) is 0 Å². The molecule has 0 aliphatic heterocycles. The zero-order valence-corrected chi connectivity index (χ0v) is 18.7. The number of allylic oxidation sites excluding steroid dienone is 2. The monoisotopic (exact) mass is 402 g/mol. The Morgan fingerprint density at radius 1 is 0.867 bits per heavy atom. The van der Waals surface area contributed by atoms with Gasteiger partial charge in [0.25, 0.3) is 0 Å². The van der Waals surface area contributed by atoms with Crippen LogP contribution in [-0.2, 0) is 17.8 Å². The third-order valence-corrected chi connectivity index (χ3v) is 6.51. The highest BCUT2D eigenvalue weighted by atomic mass is 16.5. The van der Waals surface area contributed by atoms with Crippen LogP contribution in [0.2, 0.25) is 0 Å². The fraction of sp³-hybridized carbons (Fsp3) is 0.448. The van der Waals surface area contributed by atoms with Crippen LogP contribution in [-0.4, -0.2) is 6.61 Å². The molecule has 1 aliphatic rings. The molecule has 0 radical (unpaired) electrons. The SMILES string of the molecule is C=C[C@H]1CC[C@H](CCCCc2ccc(-c3ccc(COCC=CC)cc3)cc2)CC1. The van der Waals surface area contributed by atoms with Gasteiger partial charge in [0.15, 0.2) is 0 Å². The predicted octanol–water partition coefficient (Wildman–Crippen LogP) is 8.15. The summed E-state index contributed by atoms with van der Waals surface area (Å²) in [5, 5.41) is 0. The van der Waals surface area contributed by atoms with Crippen LogP contribution in [0.3, 0.4) is 0 Å². The van der Waals surface area contributed by atoms with Gasteiger partial charge in [0, 0.05) is 0 Å². The zero-order valence-electron chi connectivity index (χ0n) is 18.7. The fourth-order valence-electron chi connectivity index (χ4n) is 4.47. The first-order valence-electron chi connectivity index (χ1n) is 11.8. The highest BCUT2D eigenvalue weighted by Crippen LogP contribution is 2.32. The van der Waals surface area contributed by atoms with Gasteiger partial charge in [0.05, 0.1) is 13.2 Å². The summed E-state index contributed by atoms with van der Waals surface area (Å²) in [7, 11) is 0. The van der Waals surface area contributed by atoms with Crippen molar-refractivity contribution in [3.05, 3.63) is 84.5 Å². The molecule has 0 atom stereocenters. The van der Waals surface area contributed by atoms with Crippen molar-refractivity contribution >= 4 is 0 Å². The summed E-state index contributed by atoms with van der Waals surface area (Å²) >= 11 is 0. The molecule has 0 unspecified atom stereocenters. The normalized spacial score (nSPS) is 19.2. The van der Waals surface area contributed by atoms with Gasteiger partial charge in [-0.2, -0.15) is 0 Å². The Morgan fingerprint density at radius 2 is 1.50 bits per heavy atom. The fourth-order valence-corrected chi connectivity index (χ4v) is 4.47. The molecule has 1 fully saturated rings. The first-order valence-corrected chi connectivity index (χ1v) is 11.8. The average Bonchev–Trinajstić information content (AvgIpc) is 2.81. The molecular weight excluding hydrogens is 364 g/mol. The second-order valence-electron chi connectivity index (χ2n) is 8.74. The summed E-state index contributed by atoms with van der Waals surface area (Å²) in [5.74, 6) is 1.74. The topological polar surface area (TPSA) is 9.23 Å². The lowest BCUT2D eigenvalue weighted by Crippen LogP contribution is -2.12. The Labute approximate surface area is 183 Å². The van der Waals surface area contributed by atoms with Crippen LogP contribution in [0.1, 0.15) is 63.0 Å². The maximum absolute atomic E-state index is 5.63. The molecule has 0 N–H and O–H groups in total. The highest BCUT2D eigenvalue weighted by Gasteiger charge is 2.18. The number of benzene rings is 2. The minimum atomic E-state index is 0.666. The Balaban J connectivity index is 1.38. The van der Waals surface area contributed by atoms with E-state index in [-0.39, 0.29) is 0 Å². The van der Waals surface area contributed by atoms with Gasteiger partial charge in [0.2, 0.25) is 0 Å². The Bertz CT molecular complexity index is 761. The Morgan fingerprint density at radius 3 is 2.10 bits per heavy atom. The predicted molar refractivity (Wildman–Crippen MR) is 130 cm³/mol. The summed E-state index contributed by atoms with van der Waals surface area (Å²) in [4.78, 5) is 0. The number of rotatable bonds is 11. The van der Waals surface area contributed by atoms with E-state index < -0.39 is 0 Å². The van der Waals surface area contributed by atoms with Gasteiger partial charge in [-0.3, -0.25) is 0 Å². The maximum Gasteiger partial charge on any atom is 0.0721 e. The van der Waals surface area contributed by atoms with E-state index in [1.165, 1.54) is 73.6 Å². The van der Waals surface area contributed by atoms with Gasteiger partial charge < -0.3 is 4.74 Å². The van der Waals surface area contributed by atoms with Crippen molar-refractivity contribution in [2.75, 3.05) is 6.61 Å². The first kappa shape index (κ1) is 22.6. The van der Waals surface area contributed by atoms with Gasteiger partial charge in [-0.05, 0) is 79.5 Å². The van der Waals surface area contributed by atoms with Crippen LogP contribution in [0.4, 0.5) is 0 Å². The van der Waals surface area contributed by atoms with Crippen molar-refractivity contribution in [3.8, 4) is 11.1 Å². The number of ether oxygens (including phenoxy) is 1. The summed E-state index contributed by atoms with van der Waals surface area (Å²) in [5.41, 5.74) is 5.24. The lowest BCUT2D eigenvalue weighted by molar-refractivity contribution is 0.148. The summed E-state index contributed by atoms with van der Waals surface area (Å²) in [6.45, 7) is 7.31. The van der Waals surface area contributed by atoms with Crippen molar-refractivity contribution in [3.63, 3.8) is 0 Å². The second-order valence-corrected chi connectivity index (χ2v) is 8.74. The molecule has 0 aromatic heterocycles. The molecule has 0 spiro atoms. The summed E-state index contributed by atoms with van der Waals surface area (Å²) in [6, 6.07) is 17.9. The van der Waals surface area contributed by atoms with E-state index in [9.17, 15) is 0 Å². The van der Waals surface area contributed by atoms with E-state index >= 15 is 0 Å². The van der Waals surface area contributed by atoms with E-state index in [2.05, 4.69) is 61.2 Å². The molecule has 3 rings (SSSR count). The molecule has 2 aromatic rings. The van der Waals surface area contributed by atoms with Gasteiger partial charge in [-0.15, -0.1) is 6.58 Å². The van der Waals surface area contributed by atoms with Gasteiger partial charge in [-0.25, -0.2) is 0 Å². The largest absolute Gasteiger partial charge is 0.373 e. The quantitative estimate of drug-likeness (QED) is 0.272. The molecule has 0 heterocycles. The molecule has 2 aromatic carbocycles. The molecule has 0 amide bonds. The molecule has 1 nitrogen and oxygen atoms in total. The summed E-state index contributed by atoms with van der Waals surface area (Å²) < 4.78 is 5.63. The van der Waals surface area contributed by atoms with E-state index in [4.69, 9.17) is 4.74 Å². The molecule has 160 valence electrons. The lowest BCUT2D eigenvalue weighted by atomic mass is 9.80. The Hall–Kier alpha value is -2.12. The van der Waals surface area contributed by atoms with Gasteiger partial charge in [0.1, 0.15) is 0 Å². The standard InChI is InChI=1S/C29H38O/c1-3-5-22-30-23-27-16-20-29(21-17-27)28-18-14-26(15-19-28)9-7-6-8-25-12-10-24(4-2)11-13-25/h3-5,14-21,24-25H,2,6-13,22-23H2,1H3/t24-,25-. The van der Waals surface area contributed by atoms with Crippen LogP contribution in [0.25, 0.3) is 11.1 Å². The van der Waals surface area contributed by atoms with Gasteiger partial charge >= 0.3 is 0 Å². The first-order chi connectivity index (χ1) is 14.8. The van der Waals surface area contributed by atoms with E-state index in [0.29, 0.717) is 13.2 Å². The van der Waals surface area contributed by atoms with Crippen molar-refractivity contribution < 1.29 is 4.74 Å². The molecule has 1 heteroatoms. The molecule has 0 saturated heterocycles. The van der Waals surface area contributed by atoms with Gasteiger partial charge in [-0.1, -0.05) is 79.6 Å². The average molecular weight is 403 g/mol. The molecule has 1 saturated carbocycles. The smallest absolute Gasteiger partial charge is 0.0721 e. The maximum atomic E-state index is 5.63. The Kier molecular flexibility index (Phi) is 9.44. The minimum absolute atomic E-state index is 0.666. The van der Waals surface area contributed by atoms with Crippen LogP contribution >= 0.6 is 0 Å². The highest BCUT2D eigenvalue weighted by molar-refractivity contribution is 5.63. The number of aryl methyl sites for hydroxylation is 1. The molecule has 30 heavy (non-hydrogen) atoms. The third-order valence-electron chi connectivity index (χ3n) is 6.51. The van der Waals surface area contributed by atoms with Crippen LogP contribution in [0.15, 0.2) is 73.3 Å². The number of hydrogen-bond donors (Lipinski definition) is 0. The summed E-state index contributed by atoms with van der Waals surface area (Å²) in [6.07, 6.45) is 17.0.